The monoisotopic (exact) mass is 257 g/mol. The SMILES string of the molecule is Cc1ccc(-c2cc(C(=O)N3CC(O)C3)[nH]n2)cc1. The fourth-order valence-corrected chi connectivity index (χ4v) is 2.09. The van der Waals surface area contributed by atoms with E-state index in [9.17, 15) is 9.90 Å². The third-order valence-electron chi connectivity index (χ3n) is 3.31. The molecule has 1 amide bonds. The van der Waals surface area contributed by atoms with Crippen LogP contribution in [0.1, 0.15) is 16.1 Å². The van der Waals surface area contributed by atoms with Crippen LogP contribution in [0.15, 0.2) is 30.3 Å². The van der Waals surface area contributed by atoms with E-state index in [0.29, 0.717) is 18.8 Å². The van der Waals surface area contributed by atoms with Gasteiger partial charge < -0.3 is 10.0 Å². The molecule has 5 heteroatoms. The van der Waals surface area contributed by atoms with Crippen LogP contribution < -0.4 is 0 Å². The second-order valence-corrected chi connectivity index (χ2v) is 4.90. The van der Waals surface area contributed by atoms with E-state index in [-0.39, 0.29) is 12.0 Å². The van der Waals surface area contributed by atoms with Gasteiger partial charge in [0.2, 0.25) is 0 Å². The first-order valence-corrected chi connectivity index (χ1v) is 6.23. The molecule has 0 atom stereocenters. The number of benzene rings is 1. The van der Waals surface area contributed by atoms with Crippen LogP contribution in [0, 0.1) is 6.92 Å². The summed E-state index contributed by atoms with van der Waals surface area (Å²) < 4.78 is 0. The van der Waals surface area contributed by atoms with Gasteiger partial charge in [-0.25, -0.2) is 0 Å². The van der Waals surface area contributed by atoms with Gasteiger partial charge in [0.05, 0.1) is 11.8 Å². The number of H-pyrrole nitrogens is 1. The van der Waals surface area contributed by atoms with Crippen LogP contribution in [0.4, 0.5) is 0 Å². The highest BCUT2D eigenvalue weighted by atomic mass is 16.3. The largest absolute Gasteiger partial charge is 0.389 e. The Kier molecular flexibility index (Phi) is 2.83. The first kappa shape index (κ1) is 11.9. The quantitative estimate of drug-likeness (QED) is 0.849. The predicted molar refractivity (Wildman–Crippen MR) is 70.7 cm³/mol. The minimum absolute atomic E-state index is 0.115. The number of hydrogen-bond donors (Lipinski definition) is 2. The summed E-state index contributed by atoms with van der Waals surface area (Å²) in [5, 5.41) is 16.1. The second kappa shape index (κ2) is 4.51. The molecule has 1 saturated heterocycles. The first-order valence-electron chi connectivity index (χ1n) is 6.23. The molecule has 1 aliphatic rings. The highest BCUT2D eigenvalue weighted by Crippen LogP contribution is 2.20. The zero-order valence-electron chi connectivity index (χ0n) is 10.6. The highest BCUT2D eigenvalue weighted by molar-refractivity contribution is 5.94. The van der Waals surface area contributed by atoms with E-state index in [2.05, 4.69) is 10.2 Å². The molecule has 1 aromatic carbocycles. The number of nitrogens with one attached hydrogen (secondary N) is 1. The number of amides is 1. The Morgan fingerprint density at radius 1 is 1.37 bits per heavy atom. The van der Waals surface area contributed by atoms with Gasteiger partial charge >= 0.3 is 0 Å². The number of likely N-dealkylation sites (tertiary alicyclic amines) is 1. The maximum Gasteiger partial charge on any atom is 0.272 e. The number of rotatable bonds is 2. The number of β-amino-alcohol motifs (C(OH)–C–C–N with tert-alkyl or cyclic N) is 1. The van der Waals surface area contributed by atoms with Gasteiger partial charge in [-0.2, -0.15) is 5.10 Å². The summed E-state index contributed by atoms with van der Waals surface area (Å²) >= 11 is 0. The van der Waals surface area contributed by atoms with Gasteiger partial charge in [0.1, 0.15) is 5.69 Å². The van der Waals surface area contributed by atoms with Crippen molar-refractivity contribution in [1.82, 2.24) is 15.1 Å². The Morgan fingerprint density at radius 2 is 2.05 bits per heavy atom. The van der Waals surface area contributed by atoms with Gasteiger partial charge in [0.25, 0.3) is 5.91 Å². The van der Waals surface area contributed by atoms with Crippen molar-refractivity contribution < 1.29 is 9.90 Å². The third kappa shape index (κ3) is 2.24. The van der Waals surface area contributed by atoms with E-state index >= 15 is 0 Å². The minimum Gasteiger partial charge on any atom is -0.389 e. The van der Waals surface area contributed by atoms with Crippen molar-refractivity contribution in [2.75, 3.05) is 13.1 Å². The Hall–Kier alpha value is -2.14. The average Bonchev–Trinajstić information content (AvgIpc) is 2.85. The molecule has 0 unspecified atom stereocenters. The van der Waals surface area contributed by atoms with Crippen LogP contribution in [0.25, 0.3) is 11.3 Å². The number of aliphatic hydroxyl groups excluding tert-OH is 1. The number of carbonyl (C=O) groups excluding carboxylic acids is 1. The molecule has 0 bridgehead atoms. The maximum atomic E-state index is 12.0. The molecule has 0 spiro atoms. The van der Waals surface area contributed by atoms with Crippen molar-refractivity contribution in [2.24, 2.45) is 0 Å². The molecule has 2 aromatic rings. The molecule has 2 N–H and O–H groups in total. The van der Waals surface area contributed by atoms with Crippen molar-refractivity contribution in [3.8, 4) is 11.3 Å². The van der Waals surface area contributed by atoms with Crippen LogP contribution in [0.2, 0.25) is 0 Å². The summed E-state index contributed by atoms with van der Waals surface area (Å²) in [7, 11) is 0. The molecule has 98 valence electrons. The number of aromatic amines is 1. The van der Waals surface area contributed by atoms with Crippen molar-refractivity contribution >= 4 is 5.91 Å². The van der Waals surface area contributed by atoms with Crippen LogP contribution in [0.5, 0.6) is 0 Å². The van der Waals surface area contributed by atoms with Gasteiger partial charge in [0.15, 0.2) is 0 Å². The number of aryl methyl sites for hydroxylation is 1. The van der Waals surface area contributed by atoms with Crippen LogP contribution >= 0.6 is 0 Å². The number of aliphatic hydroxyl groups is 1. The van der Waals surface area contributed by atoms with E-state index in [0.717, 1.165) is 11.3 Å². The standard InChI is InChI=1S/C14H15N3O2/c1-9-2-4-10(5-3-9)12-6-13(16-15-12)14(19)17-7-11(18)8-17/h2-6,11,18H,7-8H2,1H3,(H,15,16). The van der Waals surface area contributed by atoms with E-state index in [1.54, 1.807) is 11.0 Å². The van der Waals surface area contributed by atoms with Crippen molar-refractivity contribution in [3.63, 3.8) is 0 Å². The number of carbonyl (C=O) groups is 1. The predicted octanol–water partition coefficient (Wildman–Crippen LogP) is 1.20. The lowest BCUT2D eigenvalue weighted by molar-refractivity contribution is 0.00550. The molecule has 0 radical (unpaired) electrons. The lowest BCUT2D eigenvalue weighted by Gasteiger charge is -2.35. The molecular weight excluding hydrogens is 242 g/mol. The van der Waals surface area contributed by atoms with Gasteiger partial charge in [0, 0.05) is 18.7 Å². The molecule has 1 aromatic heterocycles. The minimum atomic E-state index is -0.386. The molecule has 0 aliphatic carbocycles. The van der Waals surface area contributed by atoms with Gasteiger partial charge in [-0.05, 0) is 13.0 Å². The van der Waals surface area contributed by atoms with Crippen molar-refractivity contribution in [3.05, 3.63) is 41.6 Å². The normalized spacial score (nSPS) is 15.4. The van der Waals surface area contributed by atoms with E-state index in [1.807, 2.05) is 31.2 Å². The fourth-order valence-electron chi connectivity index (χ4n) is 2.09. The zero-order chi connectivity index (χ0) is 13.4. The zero-order valence-corrected chi connectivity index (χ0v) is 10.6. The Bertz CT molecular complexity index is 597. The Labute approximate surface area is 110 Å². The molecular formula is C14H15N3O2. The summed E-state index contributed by atoms with van der Waals surface area (Å²) in [4.78, 5) is 13.6. The fraction of sp³-hybridized carbons (Fsp3) is 0.286. The van der Waals surface area contributed by atoms with Crippen molar-refractivity contribution in [1.29, 1.82) is 0 Å². The highest BCUT2D eigenvalue weighted by Gasteiger charge is 2.30. The number of nitrogens with zero attached hydrogens (tertiary/aromatic N) is 2. The van der Waals surface area contributed by atoms with E-state index in [1.165, 1.54) is 5.56 Å². The summed E-state index contributed by atoms with van der Waals surface area (Å²) in [6.45, 7) is 2.83. The van der Waals surface area contributed by atoms with Crippen LogP contribution in [-0.2, 0) is 0 Å². The van der Waals surface area contributed by atoms with Gasteiger partial charge in [-0.15, -0.1) is 0 Å². The Morgan fingerprint density at radius 3 is 2.68 bits per heavy atom. The van der Waals surface area contributed by atoms with Gasteiger partial charge in [-0.3, -0.25) is 9.89 Å². The molecule has 5 nitrogen and oxygen atoms in total. The summed E-state index contributed by atoms with van der Waals surface area (Å²) in [5.41, 5.74) is 3.38. The molecule has 19 heavy (non-hydrogen) atoms. The molecule has 3 rings (SSSR count). The lowest BCUT2D eigenvalue weighted by atomic mass is 10.1. The van der Waals surface area contributed by atoms with Gasteiger partial charge in [-0.1, -0.05) is 29.8 Å². The topological polar surface area (TPSA) is 69.2 Å². The molecule has 2 heterocycles. The summed E-state index contributed by atoms with van der Waals surface area (Å²) in [6.07, 6.45) is -0.386. The third-order valence-corrected chi connectivity index (χ3v) is 3.31. The average molecular weight is 257 g/mol. The van der Waals surface area contributed by atoms with Crippen LogP contribution in [-0.4, -0.2) is 45.3 Å². The number of aromatic nitrogens is 2. The Balaban J connectivity index is 1.79. The van der Waals surface area contributed by atoms with E-state index < -0.39 is 0 Å². The summed E-state index contributed by atoms with van der Waals surface area (Å²) in [6, 6.07) is 9.73. The van der Waals surface area contributed by atoms with Crippen LogP contribution in [0.3, 0.4) is 0 Å². The summed E-state index contributed by atoms with van der Waals surface area (Å²) in [5.74, 6) is -0.115. The number of hydrogen-bond acceptors (Lipinski definition) is 3. The molecule has 1 aliphatic heterocycles. The smallest absolute Gasteiger partial charge is 0.272 e. The maximum absolute atomic E-state index is 12.0. The first-order chi connectivity index (χ1) is 9.13. The second-order valence-electron chi connectivity index (χ2n) is 4.90. The molecule has 0 saturated carbocycles. The van der Waals surface area contributed by atoms with E-state index in [4.69, 9.17) is 0 Å². The lowest BCUT2D eigenvalue weighted by Crippen LogP contribution is -2.53. The van der Waals surface area contributed by atoms with Crippen molar-refractivity contribution in [2.45, 2.75) is 13.0 Å². The molecule has 1 fully saturated rings.